The Morgan fingerprint density at radius 3 is 2.64 bits per heavy atom. The maximum Gasteiger partial charge on any atom is 0.256 e. The monoisotopic (exact) mass is 308 g/mol. The number of rotatable bonds is 6. The summed E-state index contributed by atoms with van der Waals surface area (Å²) >= 11 is 0. The van der Waals surface area contributed by atoms with E-state index in [1.165, 1.54) is 6.07 Å². The standard InChI is InChI=1S/C17H25FN2O2/c1-3-19(4-2)13-17(22)10-7-11-20(16(17)21)12-14-8-5-6-9-15(14)18/h5-6,8-9,22H,3-4,7,10-13H2,1-2H3/t17-/m0/s1. The summed E-state index contributed by atoms with van der Waals surface area (Å²) in [5.74, 6) is -0.595. The summed E-state index contributed by atoms with van der Waals surface area (Å²) in [4.78, 5) is 16.3. The van der Waals surface area contributed by atoms with Crippen LogP contribution in [0.15, 0.2) is 24.3 Å². The normalized spacial score (nSPS) is 22.4. The molecular formula is C17H25FN2O2. The number of piperidine rings is 1. The zero-order valence-corrected chi connectivity index (χ0v) is 13.4. The van der Waals surface area contributed by atoms with Crippen LogP contribution >= 0.6 is 0 Å². The number of likely N-dealkylation sites (N-methyl/N-ethyl adjacent to an activating group) is 1. The van der Waals surface area contributed by atoms with Crippen molar-refractivity contribution < 1.29 is 14.3 Å². The van der Waals surface area contributed by atoms with Crippen LogP contribution in [-0.2, 0) is 11.3 Å². The fourth-order valence-electron chi connectivity index (χ4n) is 3.01. The number of amides is 1. The molecule has 0 unspecified atom stereocenters. The molecule has 1 aliphatic rings. The maximum atomic E-state index is 13.8. The van der Waals surface area contributed by atoms with E-state index in [9.17, 15) is 14.3 Å². The number of carbonyl (C=O) groups is 1. The van der Waals surface area contributed by atoms with Crippen molar-refractivity contribution in [3.8, 4) is 0 Å². The van der Waals surface area contributed by atoms with Gasteiger partial charge >= 0.3 is 0 Å². The highest BCUT2D eigenvalue weighted by Gasteiger charge is 2.43. The number of benzene rings is 1. The zero-order valence-electron chi connectivity index (χ0n) is 13.4. The molecular weight excluding hydrogens is 283 g/mol. The van der Waals surface area contributed by atoms with E-state index in [0.29, 0.717) is 25.1 Å². The molecule has 1 N–H and O–H groups in total. The molecule has 0 radical (unpaired) electrons. The number of aliphatic hydroxyl groups is 1. The van der Waals surface area contributed by atoms with Gasteiger partial charge in [-0.1, -0.05) is 32.0 Å². The summed E-state index contributed by atoms with van der Waals surface area (Å²) in [6.07, 6.45) is 1.20. The van der Waals surface area contributed by atoms with Crippen molar-refractivity contribution in [2.24, 2.45) is 0 Å². The molecule has 5 heteroatoms. The Morgan fingerprint density at radius 2 is 2.00 bits per heavy atom. The second kappa shape index (κ2) is 7.20. The summed E-state index contributed by atoms with van der Waals surface area (Å²) in [5, 5.41) is 10.8. The Hall–Kier alpha value is -1.46. The Morgan fingerprint density at radius 1 is 1.32 bits per heavy atom. The first-order chi connectivity index (χ1) is 10.5. The first kappa shape index (κ1) is 16.9. The van der Waals surface area contributed by atoms with Crippen molar-refractivity contribution in [1.29, 1.82) is 0 Å². The van der Waals surface area contributed by atoms with Crippen molar-refractivity contribution in [2.45, 2.75) is 38.8 Å². The van der Waals surface area contributed by atoms with Crippen LogP contribution in [0, 0.1) is 5.82 Å². The Kier molecular flexibility index (Phi) is 5.53. The second-order valence-electron chi connectivity index (χ2n) is 5.91. The van der Waals surface area contributed by atoms with Crippen LogP contribution < -0.4 is 0 Å². The number of nitrogens with zero attached hydrogens (tertiary/aromatic N) is 2. The molecule has 1 aromatic carbocycles. The predicted octanol–water partition coefficient (Wildman–Crippen LogP) is 2.02. The van der Waals surface area contributed by atoms with Crippen LogP contribution in [0.5, 0.6) is 0 Å². The van der Waals surface area contributed by atoms with E-state index in [0.717, 1.165) is 19.5 Å². The fourth-order valence-corrected chi connectivity index (χ4v) is 3.01. The number of halogens is 1. The third kappa shape index (κ3) is 3.65. The van der Waals surface area contributed by atoms with Gasteiger partial charge in [0.2, 0.25) is 0 Å². The topological polar surface area (TPSA) is 43.8 Å². The number of carbonyl (C=O) groups excluding carboxylic acids is 1. The van der Waals surface area contributed by atoms with E-state index >= 15 is 0 Å². The molecule has 0 aliphatic carbocycles. The molecule has 1 atom stereocenters. The lowest BCUT2D eigenvalue weighted by Crippen LogP contribution is -2.58. The van der Waals surface area contributed by atoms with Crippen molar-refractivity contribution in [1.82, 2.24) is 9.80 Å². The number of hydrogen-bond acceptors (Lipinski definition) is 3. The third-order valence-electron chi connectivity index (χ3n) is 4.40. The lowest BCUT2D eigenvalue weighted by Gasteiger charge is -2.40. The van der Waals surface area contributed by atoms with Crippen LogP contribution in [-0.4, -0.2) is 52.6 Å². The minimum atomic E-state index is -1.35. The molecule has 0 aromatic heterocycles. The number of likely N-dealkylation sites (tertiary alicyclic amines) is 1. The van der Waals surface area contributed by atoms with Gasteiger partial charge in [-0.3, -0.25) is 4.79 Å². The lowest BCUT2D eigenvalue weighted by molar-refractivity contribution is -0.160. The van der Waals surface area contributed by atoms with Crippen molar-refractivity contribution in [3.05, 3.63) is 35.6 Å². The van der Waals surface area contributed by atoms with Crippen LogP contribution in [0.2, 0.25) is 0 Å². The van der Waals surface area contributed by atoms with Crippen LogP contribution in [0.4, 0.5) is 4.39 Å². The molecule has 1 heterocycles. The van der Waals surface area contributed by atoms with E-state index in [-0.39, 0.29) is 18.3 Å². The molecule has 0 bridgehead atoms. The first-order valence-corrected chi connectivity index (χ1v) is 7.97. The van der Waals surface area contributed by atoms with Crippen LogP contribution in [0.25, 0.3) is 0 Å². The van der Waals surface area contributed by atoms with Gasteiger partial charge in [0.05, 0.1) is 0 Å². The molecule has 0 spiro atoms. The van der Waals surface area contributed by atoms with Crippen molar-refractivity contribution in [3.63, 3.8) is 0 Å². The molecule has 4 nitrogen and oxygen atoms in total. The number of hydrogen-bond donors (Lipinski definition) is 1. The lowest BCUT2D eigenvalue weighted by atomic mass is 9.90. The Bertz CT molecular complexity index is 519. The third-order valence-corrected chi connectivity index (χ3v) is 4.40. The van der Waals surface area contributed by atoms with E-state index in [1.54, 1.807) is 23.1 Å². The fraction of sp³-hybridized carbons (Fsp3) is 0.588. The molecule has 1 fully saturated rings. The van der Waals surface area contributed by atoms with Gasteiger partial charge in [0, 0.05) is 25.2 Å². The zero-order chi connectivity index (χ0) is 16.2. The molecule has 1 aromatic rings. The van der Waals surface area contributed by atoms with Crippen molar-refractivity contribution >= 4 is 5.91 Å². The van der Waals surface area contributed by atoms with Gasteiger partial charge in [-0.05, 0) is 32.0 Å². The smallest absolute Gasteiger partial charge is 0.256 e. The summed E-state index contributed by atoms with van der Waals surface area (Å²) in [5.41, 5.74) is -0.863. The van der Waals surface area contributed by atoms with Gasteiger partial charge in [-0.2, -0.15) is 0 Å². The molecule has 22 heavy (non-hydrogen) atoms. The highest BCUT2D eigenvalue weighted by atomic mass is 19.1. The molecule has 1 aliphatic heterocycles. The average Bonchev–Trinajstić information content (AvgIpc) is 2.52. The van der Waals surface area contributed by atoms with Crippen LogP contribution in [0.1, 0.15) is 32.3 Å². The molecule has 1 amide bonds. The van der Waals surface area contributed by atoms with E-state index in [1.807, 2.05) is 18.7 Å². The van der Waals surface area contributed by atoms with E-state index < -0.39 is 5.60 Å². The highest BCUT2D eigenvalue weighted by Crippen LogP contribution is 2.25. The minimum Gasteiger partial charge on any atom is -0.379 e. The van der Waals surface area contributed by atoms with Gasteiger partial charge in [0.25, 0.3) is 5.91 Å². The maximum absolute atomic E-state index is 13.8. The van der Waals surface area contributed by atoms with E-state index in [4.69, 9.17) is 0 Å². The molecule has 1 saturated heterocycles. The first-order valence-electron chi connectivity index (χ1n) is 7.97. The largest absolute Gasteiger partial charge is 0.379 e. The highest BCUT2D eigenvalue weighted by molar-refractivity contribution is 5.86. The quantitative estimate of drug-likeness (QED) is 0.874. The average molecular weight is 308 g/mol. The summed E-state index contributed by atoms with van der Waals surface area (Å²) in [7, 11) is 0. The van der Waals surface area contributed by atoms with E-state index in [2.05, 4.69) is 0 Å². The summed E-state index contributed by atoms with van der Waals surface area (Å²) in [6, 6.07) is 6.47. The van der Waals surface area contributed by atoms with Crippen molar-refractivity contribution in [2.75, 3.05) is 26.2 Å². The van der Waals surface area contributed by atoms with Gasteiger partial charge in [0.1, 0.15) is 5.82 Å². The van der Waals surface area contributed by atoms with Gasteiger partial charge in [-0.25, -0.2) is 4.39 Å². The predicted molar refractivity (Wildman–Crippen MR) is 83.8 cm³/mol. The van der Waals surface area contributed by atoms with Gasteiger partial charge < -0.3 is 14.9 Å². The molecule has 0 saturated carbocycles. The van der Waals surface area contributed by atoms with Crippen LogP contribution in [0.3, 0.4) is 0 Å². The summed E-state index contributed by atoms with van der Waals surface area (Å²) in [6.45, 7) is 6.72. The minimum absolute atomic E-state index is 0.214. The second-order valence-corrected chi connectivity index (χ2v) is 5.91. The van der Waals surface area contributed by atoms with Gasteiger partial charge in [0.15, 0.2) is 5.60 Å². The summed E-state index contributed by atoms with van der Waals surface area (Å²) < 4.78 is 13.8. The van der Waals surface area contributed by atoms with Gasteiger partial charge in [-0.15, -0.1) is 0 Å². The molecule has 2 rings (SSSR count). The Balaban J connectivity index is 2.11. The Labute approximate surface area is 131 Å². The molecule has 122 valence electrons. The SMILES string of the molecule is CCN(CC)C[C@@]1(O)CCCN(Cc2ccccc2F)C1=O.